The Balaban J connectivity index is 2.06. The van der Waals surface area contributed by atoms with Crippen molar-refractivity contribution in [2.24, 2.45) is 0 Å². The van der Waals surface area contributed by atoms with Crippen LogP contribution in [0.15, 0.2) is 12.1 Å². The van der Waals surface area contributed by atoms with Gasteiger partial charge in [0.1, 0.15) is 23.1 Å². The number of benzene rings is 1. The second kappa shape index (κ2) is 6.20. The van der Waals surface area contributed by atoms with Gasteiger partial charge in [-0.15, -0.1) is 0 Å². The number of hydrogen-bond donors (Lipinski definition) is 1. The highest BCUT2D eigenvalue weighted by Gasteiger charge is 2.19. The highest BCUT2D eigenvalue weighted by molar-refractivity contribution is 7.90. The summed E-state index contributed by atoms with van der Waals surface area (Å²) < 4.78 is 32.9. The van der Waals surface area contributed by atoms with Crippen LogP contribution in [-0.2, 0) is 9.84 Å². The number of fused-ring (bicyclic) bond motifs is 1. The van der Waals surface area contributed by atoms with Crippen LogP contribution in [0.2, 0.25) is 5.02 Å². The Morgan fingerprint density at radius 2 is 2.05 bits per heavy atom. The number of sulfone groups is 1. The van der Waals surface area contributed by atoms with E-state index in [9.17, 15) is 13.5 Å². The SMILES string of the molecule is CS(=O)(=O)CCCC(O)c1cc(Cl)c2c(c1)OCCO2. The normalized spacial score (nSPS) is 15.9. The van der Waals surface area contributed by atoms with Gasteiger partial charge in [0.2, 0.25) is 0 Å². The quantitative estimate of drug-likeness (QED) is 0.898. The summed E-state index contributed by atoms with van der Waals surface area (Å²) in [5.74, 6) is 1.06. The van der Waals surface area contributed by atoms with E-state index in [1.807, 2.05) is 0 Å². The van der Waals surface area contributed by atoms with Crippen LogP contribution in [0.3, 0.4) is 0 Å². The molecular weight excluding hydrogens is 304 g/mol. The first-order valence-corrected chi connectivity index (χ1v) is 8.75. The van der Waals surface area contributed by atoms with Crippen molar-refractivity contribution in [1.29, 1.82) is 0 Å². The molecule has 1 unspecified atom stereocenters. The number of aliphatic hydroxyl groups is 1. The largest absolute Gasteiger partial charge is 0.486 e. The predicted molar refractivity (Wildman–Crippen MR) is 76.3 cm³/mol. The van der Waals surface area contributed by atoms with Crippen LogP contribution in [0.25, 0.3) is 0 Å². The summed E-state index contributed by atoms with van der Waals surface area (Å²) in [6, 6.07) is 3.31. The molecule has 1 aliphatic heterocycles. The summed E-state index contributed by atoms with van der Waals surface area (Å²) in [6.07, 6.45) is 1.15. The molecule has 112 valence electrons. The van der Waals surface area contributed by atoms with Crippen LogP contribution in [0.1, 0.15) is 24.5 Å². The molecule has 1 aromatic rings. The number of halogens is 1. The molecule has 0 aliphatic carbocycles. The lowest BCUT2D eigenvalue weighted by molar-refractivity contribution is 0.159. The maximum atomic E-state index is 11.1. The fraction of sp³-hybridized carbons (Fsp3) is 0.538. The number of hydrogen-bond acceptors (Lipinski definition) is 5. The highest BCUT2D eigenvalue weighted by Crippen LogP contribution is 2.40. The maximum Gasteiger partial charge on any atom is 0.179 e. The third-order valence-electron chi connectivity index (χ3n) is 3.00. The van der Waals surface area contributed by atoms with Gasteiger partial charge in [-0.25, -0.2) is 8.42 Å². The van der Waals surface area contributed by atoms with Crippen LogP contribution >= 0.6 is 11.6 Å². The molecule has 0 saturated carbocycles. The van der Waals surface area contributed by atoms with Gasteiger partial charge in [0.15, 0.2) is 11.5 Å². The Hall–Kier alpha value is -0.980. The first kappa shape index (κ1) is 15.4. The zero-order valence-electron chi connectivity index (χ0n) is 11.1. The maximum absolute atomic E-state index is 11.1. The van der Waals surface area contributed by atoms with E-state index in [1.54, 1.807) is 12.1 Å². The van der Waals surface area contributed by atoms with Gasteiger partial charge >= 0.3 is 0 Å². The second-order valence-electron chi connectivity index (χ2n) is 4.81. The predicted octanol–water partition coefficient (Wildman–Crippen LogP) is 1.97. The third kappa shape index (κ3) is 4.01. The molecule has 0 bridgehead atoms. The molecule has 5 nitrogen and oxygen atoms in total. The Morgan fingerprint density at radius 3 is 2.75 bits per heavy atom. The number of ether oxygens (including phenoxy) is 2. The van der Waals surface area contributed by atoms with Gasteiger partial charge in [-0.05, 0) is 30.5 Å². The third-order valence-corrected chi connectivity index (χ3v) is 4.31. The van der Waals surface area contributed by atoms with Crippen LogP contribution in [-0.4, -0.2) is 38.7 Å². The first-order valence-electron chi connectivity index (χ1n) is 6.31. The van der Waals surface area contributed by atoms with Gasteiger partial charge in [-0.1, -0.05) is 11.6 Å². The van der Waals surface area contributed by atoms with Gasteiger partial charge in [-0.2, -0.15) is 0 Å². The Kier molecular flexibility index (Phi) is 4.78. The molecule has 1 aliphatic rings. The Labute approximate surface area is 123 Å². The van der Waals surface area contributed by atoms with E-state index in [4.69, 9.17) is 21.1 Å². The average Bonchev–Trinajstić information content (AvgIpc) is 2.37. The summed E-state index contributed by atoms with van der Waals surface area (Å²) in [5, 5.41) is 10.5. The zero-order valence-corrected chi connectivity index (χ0v) is 12.7. The fourth-order valence-electron chi connectivity index (χ4n) is 2.03. The van der Waals surface area contributed by atoms with Gasteiger partial charge < -0.3 is 14.6 Å². The van der Waals surface area contributed by atoms with Crippen molar-refractivity contribution in [2.75, 3.05) is 25.2 Å². The van der Waals surface area contributed by atoms with Crippen molar-refractivity contribution in [3.63, 3.8) is 0 Å². The number of rotatable bonds is 5. The minimum atomic E-state index is -3.01. The summed E-state index contributed by atoms with van der Waals surface area (Å²) in [5.41, 5.74) is 0.604. The van der Waals surface area contributed by atoms with Crippen LogP contribution in [0.5, 0.6) is 11.5 Å². The minimum Gasteiger partial charge on any atom is -0.486 e. The minimum absolute atomic E-state index is 0.0579. The lowest BCUT2D eigenvalue weighted by Crippen LogP contribution is -2.16. The molecule has 0 fully saturated rings. The molecular formula is C13H17ClO5S. The highest BCUT2D eigenvalue weighted by atomic mass is 35.5. The van der Waals surface area contributed by atoms with Gasteiger partial charge in [0.25, 0.3) is 0 Å². The average molecular weight is 321 g/mol. The molecule has 1 heterocycles. The van der Waals surface area contributed by atoms with Gasteiger partial charge in [0.05, 0.1) is 11.1 Å². The lowest BCUT2D eigenvalue weighted by atomic mass is 10.0. The van der Waals surface area contributed by atoms with Gasteiger partial charge in [0, 0.05) is 12.0 Å². The molecule has 1 N–H and O–H groups in total. The monoisotopic (exact) mass is 320 g/mol. The van der Waals surface area contributed by atoms with Crippen molar-refractivity contribution < 1.29 is 23.0 Å². The Bertz CT molecular complexity index is 585. The molecule has 1 aromatic carbocycles. The van der Waals surface area contributed by atoms with Crippen LogP contribution in [0, 0.1) is 0 Å². The van der Waals surface area contributed by atoms with E-state index in [2.05, 4.69) is 0 Å². The van der Waals surface area contributed by atoms with Crippen molar-refractivity contribution in [3.8, 4) is 11.5 Å². The van der Waals surface area contributed by atoms with Gasteiger partial charge in [-0.3, -0.25) is 0 Å². The van der Waals surface area contributed by atoms with E-state index in [1.165, 1.54) is 6.26 Å². The topological polar surface area (TPSA) is 72.8 Å². The molecule has 7 heteroatoms. The molecule has 20 heavy (non-hydrogen) atoms. The smallest absolute Gasteiger partial charge is 0.179 e. The zero-order chi connectivity index (χ0) is 14.8. The fourth-order valence-corrected chi connectivity index (χ4v) is 2.99. The first-order chi connectivity index (χ1) is 9.37. The standard InChI is InChI=1S/C13H17ClO5S/c1-20(16,17)6-2-3-11(15)9-7-10(14)13-12(8-9)18-4-5-19-13/h7-8,11,15H,2-6H2,1H3. The molecule has 0 amide bonds. The van der Waals surface area contributed by atoms with Crippen molar-refractivity contribution in [1.82, 2.24) is 0 Å². The van der Waals surface area contributed by atoms with Crippen molar-refractivity contribution in [3.05, 3.63) is 22.7 Å². The molecule has 0 saturated heterocycles. The summed E-state index contributed by atoms with van der Waals surface area (Å²) in [4.78, 5) is 0. The summed E-state index contributed by atoms with van der Waals surface area (Å²) >= 11 is 6.09. The van der Waals surface area contributed by atoms with E-state index in [0.717, 1.165) is 0 Å². The van der Waals surface area contributed by atoms with Crippen molar-refractivity contribution >= 4 is 21.4 Å². The van der Waals surface area contributed by atoms with E-state index >= 15 is 0 Å². The van der Waals surface area contributed by atoms with E-state index in [0.29, 0.717) is 48.1 Å². The molecule has 1 atom stereocenters. The molecule has 2 rings (SSSR count). The molecule has 0 spiro atoms. The number of aliphatic hydroxyl groups excluding tert-OH is 1. The van der Waals surface area contributed by atoms with E-state index in [-0.39, 0.29) is 5.75 Å². The lowest BCUT2D eigenvalue weighted by Gasteiger charge is -2.21. The van der Waals surface area contributed by atoms with Crippen LogP contribution < -0.4 is 9.47 Å². The summed E-state index contributed by atoms with van der Waals surface area (Å²) in [7, 11) is -3.01. The van der Waals surface area contributed by atoms with Crippen LogP contribution in [0.4, 0.5) is 0 Å². The second-order valence-corrected chi connectivity index (χ2v) is 7.48. The Morgan fingerprint density at radius 1 is 1.35 bits per heavy atom. The summed E-state index contributed by atoms with van der Waals surface area (Å²) in [6.45, 7) is 0.889. The van der Waals surface area contributed by atoms with E-state index < -0.39 is 15.9 Å². The van der Waals surface area contributed by atoms with Crippen molar-refractivity contribution in [2.45, 2.75) is 18.9 Å². The molecule has 0 radical (unpaired) electrons. The molecule has 0 aromatic heterocycles.